The Hall–Kier alpha value is -2.16. The van der Waals surface area contributed by atoms with Gasteiger partial charge in [-0.05, 0) is 18.2 Å². The molecule has 2 nitrogen and oxygen atoms in total. The van der Waals surface area contributed by atoms with Crippen molar-refractivity contribution >= 4 is 10.9 Å². The van der Waals surface area contributed by atoms with Gasteiger partial charge in [-0.15, -0.1) is 0 Å². The van der Waals surface area contributed by atoms with E-state index in [-0.39, 0.29) is 5.82 Å². The van der Waals surface area contributed by atoms with Crippen molar-refractivity contribution in [2.75, 3.05) is 0 Å². The zero-order chi connectivity index (χ0) is 11.0. The molecule has 3 aromatic rings. The van der Waals surface area contributed by atoms with Gasteiger partial charge in [0.2, 0.25) is 0 Å². The van der Waals surface area contributed by atoms with Crippen LogP contribution in [-0.4, -0.2) is 10.2 Å². The van der Waals surface area contributed by atoms with E-state index in [4.69, 9.17) is 0 Å². The Morgan fingerprint density at radius 3 is 2.62 bits per heavy atom. The minimum Gasteiger partial charge on any atom is -0.277 e. The zero-order valence-corrected chi connectivity index (χ0v) is 8.44. The van der Waals surface area contributed by atoms with Crippen LogP contribution in [0.5, 0.6) is 0 Å². The van der Waals surface area contributed by atoms with Gasteiger partial charge in [-0.1, -0.05) is 30.3 Å². The van der Waals surface area contributed by atoms with Gasteiger partial charge in [-0.3, -0.25) is 5.10 Å². The lowest BCUT2D eigenvalue weighted by atomic mass is 10.1. The number of halogens is 1. The summed E-state index contributed by atoms with van der Waals surface area (Å²) < 4.78 is 13.0. The highest BCUT2D eigenvalue weighted by molar-refractivity contribution is 5.92. The maximum absolute atomic E-state index is 13.0. The van der Waals surface area contributed by atoms with E-state index in [2.05, 4.69) is 10.2 Å². The van der Waals surface area contributed by atoms with Crippen molar-refractivity contribution in [1.29, 1.82) is 0 Å². The van der Waals surface area contributed by atoms with Crippen molar-refractivity contribution in [3.63, 3.8) is 0 Å². The zero-order valence-electron chi connectivity index (χ0n) is 8.44. The predicted molar refractivity (Wildman–Crippen MR) is 61.5 cm³/mol. The summed E-state index contributed by atoms with van der Waals surface area (Å²) in [7, 11) is 0. The number of aromatic amines is 1. The van der Waals surface area contributed by atoms with Crippen molar-refractivity contribution in [1.82, 2.24) is 10.2 Å². The van der Waals surface area contributed by atoms with E-state index >= 15 is 0 Å². The normalized spacial score (nSPS) is 10.8. The molecular weight excluding hydrogens is 203 g/mol. The van der Waals surface area contributed by atoms with Gasteiger partial charge in [0.1, 0.15) is 5.82 Å². The van der Waals surface area contributed by atoms with Crippen LogP contribution in [0.25, 0.3) is 22.2 Å². The minimum absolute atomic E-state index is 0.254. The third-order valence-corrected chi connectivity index (χ3v) is 2.57. The number of fused-ring (bicyclic) bond motifs is 1. The van der Waals surface area contributed by atoms with Crippen LogP contribution < -0.4 is 0 Å². The second kappa shape index (κ2) is 3.45. The molecule has 1 N–H and O–H groups in total. The average molecular weight is 212 g/mol. The molecular formula is C13H9FN2. The molecule has 0 aliphatic rings. The molecule has 2 aromatic carbocycles. The lowest BCUT2D eigenvalue weighted by Gasteiger charge is -1.96. The van der Waals surface area contributed by atoms with Crippen LogP contribution >= 0.6 is 0 Å². The van der Waals surface area contributed by atoms with Crippen LogP contribution in [0.1, 0.15) is 0 Å². The molecule has 0 radical (unpaired) electrons. The Morgan fingerprint density at radius 2 is 1.81 bits per heavy atom. The van der Waals surface area contributed by atoms with Gasteiger partial charge < -0.3 is 0 Å². The van der Waals surface area contributed by atoms with Gasteiger partial charge in [-0.25, -0.2) is 4.39 Å². The maximum Gasteiger partial charge on any atom is 0.125 e. The van der Waals surface area contributed by atoms with E-state index in [1.54, 1.807) is 6.07 Å². The van der Waals surface area contributed by atoms with E-state index in [1.165, 1.54) is 12.1 Å². The summed E-state index contributed by atoms with van der Waals surface area (Å²) in [5, 5.41) is 7.99. The molecule has 0 spiro atoms. The molecule has 1 aromatic heterocycles. The first-order chi connectivity index (χ1) is 7.84. The highest BCUT2D eigenvalue weighted by Crippen LogP contribution is 2.26. The van der Waals surface area contributed by atoms with Gasteiger partial charge in [-0.2, -0.15) is 5.10 Å². The number of aromatic nitrogens is 2. The van der Waals surface area contributed by atoms with E-state index in [1.807, 2.05) is 30.3 Å². The van der Waals surface area contributed by atoms with Gasteiger partial charge in [0.25, 0.3) is 0 Å². The van der Waals surface area contributed by atoms with E-state index in [9.17, 15) is 4.39 Å². The average Bonchev–Trinajstić information content (AvgIpc) is 2.73. The van der Waals surface area contributed by atoms with Crippen LogP contribution in [-0.2, 0) is 0 Å². The van der Waals surface area contributed by atoms with Crippen molar-refractivity contribution in [2.24, 2.45) is 0 Å². The van der Waals surface area contributed by atoms with Gasteiger partial charge in [0.15, 0.2) is 0 Å². The largest absolute Gasteiger partial charge is 0.277 e. The summed E-state index contributed by atoms with van der Waals surface area (Å²) in [6.07, 6.45) is 0. The second-order valence-corrected chi connectivity index (χ2v) is 3.63. The van der Waals surface area contributed by atoms with Gasteiger partial charge in [0, 0.05) is 10.9 Å². The third-order valence-electron chi connectivity index (χ3n) is 2.57. The van der Waals surface area contributed by atoms with Crippen LogP contribution in [0.4, 0.5) is 4.39 Å². The molecule has 16 heavy (non-hydrogen) atoms. The number of nitrogens with one attached hydrogen (secondary N) is 1. The fraction of sp³-hybridized carbons (Fsp3) is 0. The standard InChI is InChI=1S/C13H9FN2/c14-10-6-7-11-12(8-10)15-16-13(11)9-4-2-1-3-5-9/h1-8H,(H,15,16). The Morgan fingerprint density at radius 1 is 1.00 bits per heavy atom. The molecule has 0 aliphatic heterocycles. The Kier molecular flexibility index (Phi) is 1.96. The molecule has 3 rings (SSSR count). The van der Waals surface area contributed by atoms with Gasteiger partial charge in [0.05, 0.1) is 11.2 Å². The molecule has 0 saturated heterocycles. The van der Waals surface area contributed by atoms with Crippen LogP contribution in [0, 0.1) is 5.82 Å². The molecule has 0 aliphatic carbocycles. The number of hydrogen-bond donors (Lipinski definition) is 1. The Balaban J connectivity index is 2.26. The molecule has 1 heterocycles. The summed E-state index contributed by atoms with van der Waals surface area (Å²) in [6, 6.07) is 14.5. The summed E-state index contributed by atoms with van der Waals surface area (Å²) in [6.45, 7) is 0. The first-order valence-corrected chi connectivity index (χ1v) is 5.03. The fourth-order valence-electron chi connectivity index (χ4n) is 1.81. The molecule has 3 heteroatoms. The minimum atomic E-state index is -0.254. The van der Waals surface area contributed by atoms with Crippen molar-refractivity contribution < 1.29 is 4.39 Å². The third kappa shape index (κ3) is 1.37. The van der Waals surface area contributed by atoms with Crippen molar-refractivity contribution in [3.8, 4) is 11.3 Å². The quantitative estimate of drug-likeness (QED) is 0.658. The summed E-state index contributed by atoms with van der Waals surface area (Å²) >= 11 is 0. The van der Waals surface area contributed by atoms with Crippen molar-refractivity contribution in [3.05, 3.63) is 54.3 Å². The van der Waals surface area contributed by atoms with Crippen molar-refractivity contribution in [2.45, 2.75) is 0 Å². The SMILES string of the molecule is Fc1ccc2c(-c3ccccc3)n[nH]c2c1. The molecule has 78 valence electrons. The monoisotopic (exact) mass is 212 g/mol. The Bertz CT molecular complexity index is 629. The summed E-state index contributed by atoms with van der Waals surface area (Å²) in [5.74, 6) is -0.254. The van der Waals surface area contributed by atoms with Crippen LogP contribution in [0.15, 0.2) is 48.5 Å². The molecule has 0 bridgehead atoms. The number of hydrogen-bond acceptors (Lipinski definition) is 1. The molecule has 0 fully saturated rings. The lowest BCUT2D eigenvalue weighted by Crippen LogP contribution is -1.77. The topological polar surface area (TPSA) is 28.7 Å². The van der Waals surface area contributed by atoms with Gasteiger partial charge >= 0.3 is 0 Å². The lowest BCUT2D eigenvalue weighted by molar-refractivity contribution is 0.629. The van der Waals surface area contributed by atoms with E-state index in [0.717, 1.165) is 22.2 Å². The first kappa shape index (κ1) is 9.09. The summed E-state index contributed by atoms with van der Waals surface area (Å²) in [5.41, 5.74) is 2.61. The highest BCUT2D eigenvalue weighted by atomic mass is 19.1. The van der Waals surface area contributed by atoms with Crippen LogP contribution in [0.2, 0.25) is 0 Å². The number of H-pyrrole nitrogens is 1. The predicted octanol–water partition coefficient (Wildman–Crippen LogP) is 3.37. The molecule has 0 saturated carbocycles. The van der Waals surface area contributed by atoms with E-state index < -0.39 is 0 Å². The van der Waals surface area contributed by atoms with Crippen LogP contribution in [0.3, 0.4) is 0 Å². The molecule has 0 unspecified atom stereocenters. The Labute approximate surface area is 91.7 Å². The maximum atomic E-state index is 13.0. The first-order valence-electron chi connectivity index (χ1n) is 5.03. The number of rotatable bonds is 1. The highest BCUT2D eigenvalue weighted by Gasteiger charge is 2.07. The smallest absolute Gasteiger partial charge is 0.125 e. The number of benzene rings is 2. The number of nitrogens with zero attached hydrogens (tertiary/aromatic N) is 1. The van der Waals surface area contributed by atoms with E-state index in [0.29, 0.717) is 0 Å². The second-order valence-electron chi connectivity index (χ2n) is 3.63. The molecule has 0 amide bonds. The molecule has 0 atom stereocenters. The fourth-order valence-corrected chi connectivity index (χ4v) is 1.81. The summed E-state index contributed by atoms with van der Waals surface area (Å²) in [4.78, 5) is 0.